The highest BCUT2D eigenvalue weighted by Gasteiger charge is 2.59. The zero-order valence-electron chi connectivity index (χ0n) is 14.5. The Hall–Kier alpha value is -0.530. The average Bonchev–Trinajstić information content (AvgIpc) is 2.99. The van der Waals surface area contributed by atoms with Crippen LogP contribution in [-0.4, -0.2) is 38.3 Å². The van der Waals surface area contributed by atoms with E-state index in [9.17, 15) is 0 Å². The third-order valence-corrected chi connectivity index (χ3v) is 5.63. The highest BCUT2D eigenvalue weighted by molar-refractivity contribution is 14.0. The van der Waals surface area contributed by atoms with E-state index in [-0.39, 0.29) is 29.4 Å². The number of aliphatic imine (C=N–C) groups is 1. The largest absolute Gasteiger partial charge is 0.377 e. The predicted octanol–water partition coefficient (Wildman–Crippen LogP) is 3.48. The molecular formula is C18H27ClIN3O. The molecule has 0 bridgehead atoms. The monoisotopic (exact) mass is 463 g/mol. The molecule has 3 unspecified atom stereocenters. The van der Waals surface area contributed by atoms with Gasteiger partial charge >= 0.3 is 0 Å². The van der Waals surface area contributed by atoms with Crippen molar-refractivity contribution in [3.8, 4) is 0 Å². The number of halogens is 2. The number of benzene rings is 1. The van der Waals surface area contributed by atoms with E-state index < -0.39 is 0 Å². The zero-order valence-corrected chi connectivity index (χ0v) is 17.6. The Bertz CT molecular complexity index is 593. The first-order valence-electron chi connectivity index (χ1n) is 8.36. The maximum Gasteiger partial charge on any atom is 0.191 e. The van der Waals surface area contributed by atoms with Gasteiger partial charge < -0.3 is 15.4 Å². The molecule has 0 radical (unpaired) electrons. The average molecular weight is 464 g/mol. The summed E-state index contributed by atoms with van der Waals surface area (Å²) >= 11 is 6.20. The van der Waals surface area contributed by atoms with Crippen LogP contribution in [0.1, 0.15) is 25.8 Å². The van der Waals surface area contributed by atoms with Crippen LogP contribution in [0.2, 0.25) is 5.02 Å². The SMILES string of the molecule is CN=C(NCCc1ccccc1Cl)NC1C2CCOC2C1(C)C.I. The maximum atomic E-state index is 6.20. The van der Waals surface area contributed by atoms with Gasteiger partial charge in [0, 0.05) is 42.6 Å². The molecule has 0 amide bonds. The molecule has 1 aliphatic carbocycles. The molecule has 6 heteroatoms. The highest BCUT2D eigenvalue weighted by Crippen LogP contribution is 2.52. The van der Waals surface area contributed by atoms with Crippen molar-refractivity contribution in [2.24, 2.45) is 16.3 Å². The van der Waals surface area contributed by atoms with E-state index in [1.165, 1.54) is 0 Å². The molecule has 2 aliphatic rings. The molecule has 0 aromatic heterocycles. The van der Waals surface area contributed by atoms with Crippen molar-refractivity contribution in [3.63, 3.8) is 0 Å². The van der Waals surface area contributed by atoms with E-state index in [2.05, 4.69) is 35.5 Å². The number of rotatable bonds is 4. The maximum absolute atomic E-state index is 6.20. The smallest absolute Gasteiger partial charge is 0.191 e. The third kappa shape index (κ3) is 3.83. The van der Waals surface area contributed by atoms with E-state index in [1.807, 2.05) is 25.2 Å². The lowest BCUT2D eigenvalue weighted by atomic mass is 9.57. The molecule has 24 heavy (non-hydrogen) atoms. The topological polar surface area (TPSA) is 45.7 Å². The number of hydrogen-bond donors (Lipinski definition) is 2. The summed E-state index contributed by atoms with van der Waals surface area (Å²) in [5.41, 5.74) is 1.31. The van der Waals surface area contributed by atoms with E-state index in [1.54, 1.807) is 0 Å². The summed E-state index contributed by atoms with van der Waals surface area (Å²) in [7, 11) is 1.82. The summed E-state index contributed by atoms with van der Waals surface area (Å²) in [6, 6.07) is 8.39. The van der Waals surface area contributed by atoms with E-state index in [0.29, 0.717) is 18.1 Å². The Balaban J connectivity index is 0.00000208. The van der Waals surface area contributed by atoms with Gasteiger partial charge in [-0.15, -0.1) is 24.0 Å². The number of nitrogens with one attached hydrogen (secondary N) is 2. The Morgan fingerprint density at radius 3 is 2.83 bits per heavy atom. The fourth-order valence-electron chi connectivity index (χ4n) is 3.98. The van der Waals surface area contributed by atoms with E-state index >= 15 is 0 Å². The van der Waals surface area contributed by atoms with Crippen LogP contribution < -0.4 is 10.6 Å². The minimum Gasteiger partial charge on any atom is -0.377 e. The van der Waals surface area contributed by atoms with Crippen molar-refractivity contribution < 1.29 is 4.74 Å². The molecule has 2 fully saturated rings. The van der Waals surface area contributed by atoms with E-state index in [4.69, 9.17) is 16.3 Å². The lowest BCUT2D eigenvalue weighted by Crippen LogP contribution is -2.68. The molecule has 1 aromatic rings. The second-order valence-corrected chi connectivity index (χ2v) is 7.43. The lowest BCUT2D eigenvalue weighted by Gasteiger charge is -2.54. The van der Waals surface area contributed by atoms with Crippen LogP contribution in [0.15, 0.2) is 29.3 Å². The number of fused-ring (bicyclic) bond motifs is 1. The van der Waals surface area contributed by atoms with Gasteiger partial charge in [-0.05, 0) is 24.5 Å². The van der Waals surface area contributed by atoms with Crippen LogP contribution in [0.25, 0.3) is 0 Å². The van der Waals surface area contributed by atoms with Crippen LogP contribution in [0.3, 0.4) is 0 Å². The van der Waals surface area contributed by atoms with Crippen molar-refractivity contribution in [2.45, 2.75) is 38.8 Å². The summed E-state index contributed by atoms with van der Waals surface area (Å²) in [6.45, 7) is 6.24. The van der Waals surface area contributed by atoms with Crippen LogP contribution in [0, 0.1) is 11.3 Å². The molecule has 134 valence electrons. The van der Waals surface area contributed by atoms with Crippen molar-refractivity contribution in [3.05, 3.63) is 34.9 Å². The van der Waals surface area contributed by atoms with Gasteiger partial charge in [0.15, 0.2) is 5.96 Å². The molecule has 4 nitrogen and oxygen atoms in total. The summed E-state index contributed by atoms with van der Waals surface area (Å²) in [6.07, 6.45) is 2.41. The molecule has 1 heterocycles. The van der Waals surface area contributed by atoms with E-state index in [0.717, 1.165) is 42.5 Å². The third-order valence-electron chi connectivity index (χ3n) is 5.26. The molecule has 1 saturated heterocycles. The van der Waals surface area contributed by atoms with Crippen molar-refractivity contribution in [1.82, 2.24) is 10.6 Å². The first-order valence-corrected chi connectivity index (χ1v) is 8.74. The minimum atomic E-state index is 0. The predicted molar refractivity (Wildman–Crippen MR) is 110 cm³/mol. The number of nitrogens with zero attached hydrogens (tertiary/aromatic N) is 1. The Morgan fingerprint density at radius 2 is 2.12 bits per heavy atom. The van der Waals surface area contributed by atoms with Gasteiger partial charge in [-0.1, -0.05) is 43.6 Å². The number of hydrogen-bond acceptors (Lipinski definition) is 2. The van der Waals surface area contributed by atoms with Gasteiger partial charge in [-0.25, -0.2) is 0 Å². The summed E-state index contributed by atoms with van der Waals surface area (Å²) in [5, 5.41) is 7.82. The van der Waals surface area contributed by atoms with Gasteiger partial charge in [-0.3, -0.25) is 4.99 Å². The van der Waals surface area contributed by atoms with Gasteiger partial charge in [0.1, 0.15) is 0 Å². The van der Waals surface area contributed by atoms with Crippen LogP contribution in [-0.2, 0) is 11.2 Å². The fourth-order valence-corrected chi connectivity index (χ4v) is 4.21. The van der Waals surface area contributed by atoms with Gasteiger partial charge in [0.2, 0.25) is 0 Å². The van der Waals surface area contributed by atoms with Gasteiger partial charge in [0.05, 0.1) is 6.10 Å². The Kier molecular flexibility index (Phi) is 6.79. The molecule has 1 aromatic carbocycles. The summed E-state index contributed by atoms with van der Waals surface area (Å²) in [5.74, 6) is 1.47. The highest BCUT2D eigenvalue weighted by atomic mass is 127. The Morgan fingerprint density at radius 1 is 1.38 bits per heavy atom. The zero-order chi connectivity index (χ0) is 16.4. The van der Waals surface area contributed by atoms with Crippen LogP contribution in [0.5, 0.6) is 0 Å². The van der Waals surface area contributed by atoms with Gasteiger partial charge in [0.25, 0.3) is 0 Å². The molecular weight excluding hydrogens is 437 g/mol. The minimum absolute atomic E-state index is 0. The molecule has 2 N–H and O–H groups in total. The second-order valence-electron chi connectivity index (χ2n) is 7.03. The molecule has 0 spiro atoms. The van der Waals surface area contributed by atoms with Crippen molar-refractivity contribution in [2.75, 3.05) is 20.2 Å². The quantitative estimate of drug-likeness (QED) is 0.408. The van der Waals surface area contributed by atoms with Crippen LogP contribution in [0.4, 0.5) is 0 Å². The second kappa shape index (κ2) is 8.23. The Labute approximate surface area is 166 Å². The normalized spacial score (nSPS) is 27.7. The molecule has 1 aliphatic heterocycles. The van der Waals surface area contributed by atoms with Gasteiger partial charge in [-0.2, -0.15) is 0 Å². The van der Waals surface area contributed by atoms with Crippen LogP contribution >= 0.6 is 35.6 Å². The lowest BCUT2D eigenvalue weighted by molar-refractivity contribution is -0.106. The number of ether oxygens (including phenoxy) is 1. The molecule has 3 atom stereocenters. The molecule has 3 rings (SSSR count). The molecule has 1 saturated carbocycles. The van der Waals surface area contributed by atoms with Crippen molar-refractivity contribution in [1.29, 1.82) is 0 Å². The fraction of sp³-hybridized carbons (Fsp3) is 0.611. The first-order chi connectivity index (χ1) is 11.0. The summed E-state index contributed by atoms with van der Waals surface area (Å²) < 4.78 is 5.85. The standard InChI is InChI=1S/C18H26ClN3O.HI/c1-18(2)15(13-9-11-23-16(13)18)22-17(20-3)21-10-8-12-6-4-5-7-14(12)19;/h4-7,13,15-16H,8-11H2,1-3H3,(H2,20,21,22);1H. The number of guanidine groups is 1. The first kappa shape index (κ1) is 19.8. The van der Waals surface area contributed by atoms with Crippen molar-refractivity contribution >= 4 is 41.5 Å². The summed E-state index contributed by atoms with van der Waals surface area (Å²) in [4.78, 5) is 4.36.